The van der Waals surface area contributed by atoms with E-state index in [1.807, 2.05) is 20.8 Å². The van der Waals surface area contributed by atoms with Gasteiger partial charge in [-0.25, -0.2) is 4.79 Å². The van der Waals surface area contributed by atoms with Gasteiger partial charge in [-0.2, -0.15) is 8.78 Å². The summed E-state index contributed by atoms with van der Waals surface area (Å²) in [6.07, 6.45) is -0.675. The van der Waals surface area contributed by atoms with E-state index in [4.69, 9.17) is 0 Å². The molecule has 7 heteroatoms. The van der Waals surface area contributed by atoms with Crippen LogP contribution in [-0.2, 0) is 0 Å². The zero-order valence-electron chi connectivity index (χ0n) is 13.8. The van der Waals surface area contributed by atoms with Gasteiger partial charge < -0.3 is 20.5 Å². The van der Waals surface area contributed by atoms with E-state index in [-0.39, 0.29) is 17.7 Å². The molecule has 2 amide bonds. The van der Waals surface area contributed by atoms with Crippen LogP contribution in [0, 0.1) is 5.41 Å². The Hall–Kier alpha value is -1.89. The third kappa shape index (κ3) is 6.81. The van der Waals surface area contributed by atoms with Crippen molar-refractivity contribution in [2.45, 2.75) is 46.5 Å². The quantitative estimate of drug-likeness (QED) is 0.751. The van der Waals surface area contributed by atoms with E-state index in [0.29, 0.717) is 5.56 Å². The van der Waals surface area contributed by atoms with Crippen molar-refractivity contribution in [2.24, 2.45) is 5.41 Å². The fourth-order valence-corrected chi connectivity index (χ4v) is 1.79. The summed E-state index contributed by atoms with van der Waals surface area (Å²) in [6, 6.07) is 5.30. The van der Waals surface area contributed by atoms with E-state index in [9.17, 15) is 18.7 Å². The van der Waals surface area contributed by atoms with Gasteiger partial charge in [0.2, 0.25) is 0 Å². The average molecular weight is 330 g/mol. The summed E-state index contributed by atoms with van der Waals surface area (Å²) in [7, 11) is 0. The minimum atomic E-state index is -2.89. The van der Waals surface area contributed by atoms with Crippen LogP contribution in [0.2, 0.25) is 0 Å². The molecule has 0 spiro atoms. The van der Waals surface area contributed by atoms with Gasteiger partial charge in [-0.05, 0) is 30.0 Å². The second kappa shape index (κ2) is 8.10. The predicted molar refractivity (Wildman–Crippen MR) is 83.5 cm³/mol. The van der Waals surface area contributed by atoms with Crippen LogP contribution >= 0.6 is 0 Å². The molecular formula is C16H24F2N2O3. The number of hydrogen-bond acceptors (Lipinski definition) is 3. The summed E-state index contributed by atoms with van der Waals surface area (Å²) in [4.78, 5) is 11.8. The van der Waals surface area contributed by atoms with Crippen molar-refractivity contribution in [3.05, 3.63) is 29.8 Å². The average Bonchev–Trinajstić information content (AvgIpc) is 2.43. The highest BCUT2D eigenvalue weighted by Gasteiger charge is 2.22. The second-order valence-electron chi connectivity index (χ2n) is 6.41. The van der Waals surface area contributed by atoms with Crippen LogP contribution in [0.25, 0.3) is 0 Å². The lowest BCUT2D eigenvalue weighted by atomic mass is 9.89. The molecular weight excluding hydrogens is 306 g/mol. The number of halogens is 2. The zero-order valence-corrected chi connectivity index (χ0v) is 13.8. The number of rotatable bonds is 6. The Bertz CT molecular complexity index is 518. The Balaban J connectivity index is 2.55. The first-order valence-electron chi connectivity index (χ1n) is 7.37. The minimum absolute atomic E-state index is 0.0368. The standard InChI is InChI=1S/C16H24F2N2O3/c1-10(11-6-5-7-12(8-11)23-14(17)18)20-15(22)19-9-13(21)16(2,3)4/h5-8,10,13-14,21H,9H2,1-4H3,(H2,19,20,22). The number of ether oxygens (including phenoxy) is 1. The summed E-state index contributed by atoms with van der Waals surface area (Å²) in [6.45, 7) is 4.56. The monoisotopic (exact) mass is 330 g/mol. The van der Waals surface area contributed by atoms with Crippen LogP contribution in [0.1, 0.15) is 39.3 Å². The smallest absolute Gasteiger partial charge is 0.387 e. The topological polar surface area (TPSA) is 70.6 Å². The number of carbonyl (C=O) groups excluding carboxylic acids is 1. The molecule has 23 heavy (non-hydrogen) atoms. The largest absolute Gasteiger partial charge is 0.435 e. The molecule has 5 nitrogen and oxygen atoms in total. The highest BCUT2D eigenvalue weighted by molar-refractivity contribution is 5.74. The van der Waals surface area contributed by atoms with Gasteiger partial charge in [-0.1, -0.05) is 32.9 Å². The van der Waals surface area contributed by atoms with Crippen LogP contribution < -0.4 is 15.4 Å². The molecule has 3 N–H and O–H groups in total. The van der Waals surface area contributed by atoms with Crippen LogP contribution in [0.5, 0.6) is 5.75 Å². The van der Waals surface area contributed by atoms with Crippen LogP contribution in [-0.4, -0.2) is 30.4 Å². The molecule has 0 fully saturated rings. The van der Waals surface area contributed by atoms with Crippen LogP contribution in [0.4, 0.5) is 13.6 Å². The van der Waals surface area contributed by atoms with E-state index >= 15 is 0 Å². The van der Waals surface area contributed by atoms with Crippen LogP contribution in [0.3, 0.4) is 0 Å². The van der Waals surface area contributed by atoms with Crippen LogP contribution in [0.15, 0.2) is 24.3 Å². The Kier molecular flexibility index (Phi) is 6.75. The van der Waals surface area contributed by atoms with E-state index in [0.717, 1.165) is 0 Å². The van der Waals surface area contributed by atoms with E-state index < -0.39 is 24.8 Å². The number of benzene rings is 1. The predicted octanol–water partition coefficient (Wildman–Crippen LogP) is 3.06. The number of nitrogens with one attached hydrogen (secondary N) is 2. The van der Waals surface area contributed by atoms with E-state index in [1.165, 1.54) is 12.1 Å². The van der Waals surface area contributed by atoms with Gasteiger partial charge in [-0.15, -0.1) is 0 Å². The third-order valence-corrected chi connectivity index (χ3v) is 3.39. The Labute approximate surface area is 135 Å². The maximum Gasteiger partial charge on any atom is 0.387 e. The molecule has 1 aromatic carbocycles. The van der Waals surface area contributed by atoms with Crippen molar-refractivity contribution >= 4 is 6.03 Å². The Morgan fingerprint density at radius 3 is 2.57 bits per heavy atom. The minimum Gasteiger partial charge on any atom is -0.435 e. The molecule has 0 heterocycles. The normalized spacial score (nSPS) is 14.3. The van der Waals surface area contributed by atoms with Crippen molar-refractivity contribution in [3.63, 3.8) is 0 Å². The molecule has 0 saturated heterocycles. The van der Waals surface area contributed by atoms with Gasteiger partial charge >= 0.3 is 12.6 Å². The molecule has 0 bridgehead atoms. The summed E-state index contributed by atoms with van der Waals surface area (Å²) in [5, 5.41) is 15.1. The Morgan fingerprint density at radius 2 is 2.00 bits per heavy atom. The van der Waals surface area contributed by atoms with Crippen molar-refractivity contribution in [1.82, 2.24) is 10.6 Å². The van der Waals surface area contributed by atoms with E-state index in [1.54, 1.807) is 19.1 Å². The number of hydrogen-bond donors (Lipinski definition) is 3. The molecule has 2 unspecified atom stereocenters. The number of alkyl halides is 2. The van der Waals surface area contributed by atoms with Gasteiger partial charge in [0.05, 0.1) is 12.1 Å². The van der Waals surface area contributed by atoms with Gasteiger partial charge in [-0.3, -0.25) is 0 Å². The molecule has 0 saturated carbocycles. The van der Waals surface area contributed by atoms with E-state index in [2.05, 4.69) is 15.4 Å². The maximum absolute atomic E-state index is 12.2. The third-order valence-electron chi connectivity index (χ3n) is 3.39. The molecule has 130 valence electrons. The second-order valence-corrected chi connectivity index (χ2v) is 6.41. The van der Waals surface area contributed by atoms with Gasteiger partial charge in [0.1, 0.15) is 5.75 Å². The number of amides is 2. The maximum atomic E-state index is 12.2. The number of aliphatic hydroxyl groups is 1. The van der Waals surface area contributed by atoms with Crippen molar-refractivity contribution in [2.75, 3.05) is 6.54 Å². The van der Waals surface area contributed by atoms with Gasteiger partial charge in [0.15, 0.2) is 0 Å². The summed E-state index contributed by atoms with van der Waals surface area (Å²) >= 11 is 0. The summed E-state index contributed by atoms with van der Waals surface area (Å²) in [5.74, 6) is 0.0368. The lowest BCUT2D eigenvalue weighted by Gasteiger charge is -2.26. The fraction of sp³-hybridized carbons (Fsp3) is 0.562. The first kappa shape index (κ1) is 19.2. The highest BCUT2D eigenvalue weighted by Crippen LogP contribution is 2.21. The van der Waals surface area contributed by atoms with Crippen molar-refractivity contribution < 1.29 is 23.4 Å². The first-order valence-corrected chi connectivity index (χ1v) is 7.37. The summed E-state index contributed by atoms with van der Waals surface area (Å²) < 4.78 is 28.8. The number of aliphatic hydroxyl groups excluding tert-OH is 1. The zero-order chi connectivity index (χ0) is 17.6. The molecule has 0 aliphatic rings. The SMILES string of the molecule is CC(NC(=O)NCC(O)C(C)(C)C)c1cccc(OC(F)F)c1. The molecule has 1 rings (SSSR count). The molecule has 0 radical (unpaired) electrons. The fourth-order valence-electron chi connectivity index (χ4n) is 1.79. The first-order chi connectivity index (χ1) is 10.6. The molecule has 0 aromatic heterocycles. The number of carbonyl (C=O) groups is 1. The molecule has 1 aromatic rings. The van der Waals surface area contributed by atoms with Gasteiger partial charge in [0, 0.05) is 6.54 Å². The summed E-state index contributed by atoms with van der Waals surface area (Å²) in [5.41, 5.74) is 0.300. The molecule has 0 aliphatic heterocycles. The lowest BCUT2D eigenvalue weighted by molar-refractivity contribution is -0.0499. The molecule has 2 atom stereocenters. The van der Waals surface area contributed by atoms with Gasteiger partial charge in [0.25, 0.3) is 0 Å². The van der Waals surface area contributed by atoms with Crippen molar-refractivity contribution in [1.29, 1.82) is 0 Å². The number of urea groups is 1. The lowest BCUT2D eigenvalue weighted by Crippen LogP contribution is -2.44. The highest BCUT2D eigenvalue weighted by atomic mass is 19.3. The Morgan fingerprint density at radius 1 is 1.35 bits per heavy atom. The molecule has 0 aliphatic carbocycles. The van der Waals surface area contributed by atoms with Crippen molar-refractivity contribution in [3.8, 4) is 5.75 Å².